The fourth-order valence-corrected chi connectivity index (χ4v) is 1.80. The molecule has 0 aliphatic carbocycles. The Labute approximate surface area is 104 Å². The van der Waals surface area contributed by atoms with Crippen molar-refractivity contribution in [3.63, 3.8) is 0 Å². The Morgan fingerprint density at radius 3 is 2.78 bits per heavy atom. The molecule has 0 saturated carbocycles. The molecule has 2 rings (SSSR count). The molecule has 1 unspecified atom stereocenters. The molecule has 94 valence electrons. The lowest BCUT2D eigenvalue weighted by Gasteiger charge is -2.22. The van der Waals surface area contributed by atoms with Crippen LogP contribution in [0.25, 0.3) is 0 Å². The van der Waals surface area contributed by atoms with Crippen LogP contribution in [0.4, 0.5) is 11.4 Å². The minimum absolute atomic E-state index is 0.241. The summed E-state index contributed by atoms with van der Waals surface area (Å²) in [6.07, 6.45) is 1.39. The molecule has 1 heterocycles. The smallest absolute Gasteiger partial charge is 0.249 e. The summed E-state index contributed by atoms with van der Waals surface area (Å²) in [5.74, 6) is -0.561. The summed E-state index contributed by atoms with van der Waals surface area (Å²) in [6, 6.07) is 6.59. The lowest BCUT2D eigenvalue weighted by Crippen LogP contribution is -2.47. The maximum Gasteiger partial charge on any atom is 0.249 e. The van der Waals surface area contributed by atoms with E-state index >= 15 is 0 Å². The third-order valence-electron chi connectivity index (χ3n) is 2.67. The SMILES string of the molecule is O=CNc1cccc(NC2CCC(=O)NC2=O)c1. The van der Waals surface area contributed by atoms with Crippen LogP contribution in [0.1, 0.15) is 12.8 Å². The summed E-state index contributed by atoms with van der Waals surface area (Å²) in [4.78, 5) is 32.9. The molecule has 0 bridgehead atoms. The fraction of sp³-hybridized carbons (Fsp3) is 0.250. The van der Waals surface area contributed by atoms with Crippen molar-refractivity contribution in [2.24, 2.45) is 0 Å². The molecule has 3 N–H and O–H groups in total. The molecule has 0 radical (unpaired) electrons. The van der Waals surface area contributed by atoms with Gasteiger partial charge in [0.05, 0.1) is 0 Å². The first-order chi connectivity index (χ1) is 8.69. The van der Waals surface area contributed by atoms with E-state index in [0.29, 0.717) is 24.9 Å². The number of rotatable bonds is 4. The number of carbonyl (C=O) groups excluding carboxylic acids is 3. The molecule has 1 atom stereocenters. The van der Waals surface area contributed by atoms with Gasteiger partial charge in [-0.1, -0.05) is 6.07 Å². The molecule has 18 heavy (non-hydrogen) atoms. The van der Waals surface area contributed by atoms with Gasteiger partial charge in [0.2, 0.25) is 18.2 Å². The quantitative estimate of drug-likeness (QED) is 0.533. The van der Waals surface area contributed by atoms with Crippen molar-refractivity contribution >= 4 is 29.6 Å². The highest BCUT2D eigenvalue weighted by molar-refractivity contribution is 6.01. The Bertz CT molecular complexity index is 487. The standard InChI is InChI=1S/C12H13N3O3/c16-7-13-8-2-1-3-9(6-8)14-10-4-5-11(17)15-12(10)18/h1-3,6-7,10,14H,4-5H2,(H,13,16)(H,15,17,18). The van der Waals surface area contributed by atoms with Gasteiger partial charge < -0.3 is 10.6 Å². The van der Waals surface area contributed by atoms with Crippen LogP contribution in [-0.4, -0.2) is 24.3 Å². The number of amides is 3. The summed E-state index contributed by atoms with van der Waals surface area (Å²) < 4.78 is 0. The fourth-order valence-electron chi connectivity index (χ4n) is 1.80. The molecule has 0 spiro atoms. The lowest BCUT2D eigenvalue weighted by atomic mass is 10.1. The maximum absolute atomic E-state index is 11.6. The predicted molar refractivity (Wildman–Crippen MR) is 65.9 cm³/mol. The van der Waals surface area contributed by atoms with Crippen LogP contribution in [0.15, 0.2) is 24.3 Å². The minimum Gasteiger partial charge on any atom is -0.374 e. The van der Waals surface area contributed by atoms with Crippen LogP contribution in [0, 0.1) is 0 Å². The molecular weight excluding hydrogens is 234 g/mol. The third-order valence-corrected chi connectivity index (χ3v) is 2.67. The predicted octanol–water partition coefficient (Wildman–Crippen LogP) is 0.472. The first kappa shape index (κ1) is 12.1. The van der Waals surface area contributed by atoms with Gasteiger partial charge >= 0.3 is 0 Å². The lowest BCUT2D eigenvalue weighted by molar-refractivity contribution is -0.133. The van der Waals surface area contributed by atoms with E-state index in [1.165, 1.54) is 0 Å². The van der Waals surface area contributed by atoms with Crippen LogP contribution in [0.3, 0.4) is 0 Å². The summed E-state index contributed by atoms with van der Waals surface area (Å²) >= 11 is 0. The first-order valence-electron chi connectivity index (χ1n) is 5.59. The van der Waals surface area contributed by atoms with Gasteiger partial charge in [-0.2, -0.15) is 0 Å². The van der Waals surface area contributed by atoms with Gasteiger partial charge in [-0.05, 0) is 24.6 Å². The minimum atomic E-state index is -0.422. The molecule has 1 aromatic rings. The largest absolute Gasteiger partial charge is 0.374 e. The van der Waals surface area contributed by atoms with Crippen molar-refractivity contribution in [3.8, 4) is 0 Å². The van der Waals surface area contributed by atoms with E-state index in [9.17, 15) is 14.4 Å². The Morgan fingerprint density at radius 2 is 2.06 bits per heavy atom. The van der Waals surface area contributed by atoms with Crippen molar-refractivity contribution in [3.05, 3.63) is 24.3 Å². The second-order valence-electron chi connectivity index (χ2n) is 3.99. The zero-order valence-electron chi connectivity index (χ0n) is 9.60. The average Bonchev–Trinajstić information content (AvgIpc) is 2.34. The first-order valence-corrected chi connectivity index (χ1v) is 5.59. The zero-order chi connectivity index (χ0) is 13.0. The highest BCUT2D eigenvalue weighted by Crippen LogP contribution is 2.17. The van der Waals surface area contributed by atoms with Crippen molar-refractivity contribution < 1.29 is 14.4 Å². The van der Waals surface area contributed by atoms with E-state index in [-0.39, 0.29) is 11.8 Å². The van der Waals surface area contributed by atoms with Gasteiger partial charge in [0.25, 0.3) is 0 Å². The third kappa shape index (κ3) is 2.85. The van der Waals surface area contributed by atoms with E-state index in [1.807, 2.05) is 0 Å². The van der Waals surface area contributed by atoms with E-state index in [0.717, 1.165) is 5.69 Å². The molecule has 6 nitrogen and oxygen atoms in total. The number of hydrogen-bond donors (Lipinski definition) is 3. The van der Waals surface area contributed by atoms with E-state index < -0.39 is 6.04 Å². The van der Waals surface area contributed by atoms with Crippen molar-refractivity contribution in [2.75, 3.05) is 10.6 Å². The highest BCUT2D eigenvalue weighted by Gasteiger charge is 2.26. The summed E-state index contributed by atoms with van der Waals surface area (Å²) in [7, 11) is 0. The van der Waals surface area contributed by atoms with Gasteiger partial charge in [-0.25, -0.2) is 0 Å². The summed E-state index contributed by atoms with van der Waals surface area (Å²) in [5.41, 5.74) is 1.36. The number of anilines is 2. The topological polar surface area (TPSA) is 87.3 Å². The van der Waals surface area contributed by atoms with E-state index in [4.69, 9.17) is 0 Å². The average molecular weight is 247 g/mol. The van der Waals surface area contributed by atoms with Gasteiger partial charge in [-0.3, -0.25) is 19.7 Å². The number of piperidine rings is 1. The van der Waals surface area contributed by atoms with Gasteiger partial charge in [0.1, 0.15) is 6.04 Å². The van der Waals surface area contributed by atoms with Crippen molar-refractivity contribution in [1.82, 2.24) is 5.32 Å². The van der Waals surface area contributed by atoms with Crippen LogP contribution < -0.4 is 16.0 Å². The van der Waals surface area contributed by atoms with Crippen LogP contribution in [0.2, 0.25) is 0 Å². The van der Waals surface area contributed by atoms with Crippen LogP contribution >= 0.6 is 0 Å². The number of hydrogen-bond acceptors (Lipinski definition) is 4. The molecule has 6 heteroatoms. The van der Waals surface area contributed by atoms with Gasteiger partial charge in [0.15, 0.2) is 0 Å². The highest BCUT2D eigenvalue weighted by atomic mass is 16.2. The number of carbonyl (C=O) groups is 3. The van der Waals surface area contributed by atoms with E-state index in [2.05, 4.69) is 16.0 Å². The van der Waals surface area contributed by atoms with Crippen LogP contribution in [-0.2, 0) is 14.4 Å². The Balaban J connectivity index is 2.04. The Hall–Kier alpha value is -2.37. The zero-order valence-corrected chi connectivity index (χ0v) is 9.60. The number of nitrogens with one attached hydrogen (secondary N) is 3. The molecule has 1 fully saturated rings. The summed E-state index contributed by atoms with van der Waals surface area (Å²) in [5, 5.41) is 7.84. The Morgan fingerprint density at radius 1 is 1.28 bits per heavy atom. The number of imide groups is 1. The van der Waals surface area contributed by atoms with Crippen molar-refractivity contribution in [1.29, 1.82) is 0 Å². The molecule has 1 aliphatic heterocycles. The van der Waals surface area contributed by atoms with Crippen LogP contribution in [0.5, 0.6) is 0 Å². The van der Waals surface area contributed by atoms with Gasteiger partial charge in [0, 0.05) is 17.8 Å². The second-order valence-corrected chi connectivity index (χ2v) is 3.99. The Kier molecular flexibility index (Phi) is 3.57. The summed E-state index contributed by atoms with van der Waals surface area (Å²) in [6.45, 7) is 0. The second kappa shape index (κ2) is 5.31. The maximum atomic E-state index is 11.6. The molecule has 1 aromatic carbocycles. The molecule has 0 aromatic heterocycles. The molecular formula is C12H13N3O3. The van der Waals surface area contributed by atoms with Gasteiger partial charge in [-0.15, -0.1) is 0 Å². The molecule has 1 aliphatic rings. The molecule has 1 saturated heterocycles. The normalized spacial score (nSPS) is 19.0. The molecule has 3 amide bonds. The van der Waals surface area contributed by atoms with Crippen molar-refractivity contribution in [2.45, 2.75) is 18.9 Å². The monoisotopic (exact) mass is 247 g/mol. The van der Waals surface area contributed by atoms with E-state index in [1.54, 1.807) is 24.3 Å². The number of benzene rings is 1.